The number of halogens is 2. The van der Waals surface area contributed by atoms with E-state index in [0.29, 0.717) is 13.1 Å². The van der Waals surface area contributed by atoms with Gasteiger partial charge in [0.1, 0.15) is 0 Å². The van der Waals surface area contributed by atoms with Gasteiger partial charge in [-0.3, -0.25) is 4.79 Å². The van der Waals surface area contributed by atoms with Crippen LogP contribution in [0.2, 0.25) is 0 Å². The number of aromatic nitrogens is 1. The van der Waals surface area contributed by atoms with Crippen LogP contribution in [0.1, 0.15) is 21.6 Å². The largest absolute Gasteiger partial charge is 0.347 e. The Bertz CT molecular complexity index is 961. The van der Waals surface area contributed by atoms with E-state index in [1.165, 1.54) is 11.8 Å². The molecule has 4 rings (SSSR count). The van der Waals surface area contributed by atoms with Gasteiger partial charge in [0.2, 0.25) is 0 Å². The van der Waals surface area contributed by atoms with Crippen molar-refractivity contribution in [2.24, 2.45) is 7.05 Å². The molecule has 0 radical (unpaired) electrons. The molecule has 0 saturated carbocycles. The molecule has 0 atom stereocenters. The summed E-state index contributed by atoms with van der Waals surface area (Å²) < 4.78 is 28.7. The zero-order valence-corrected chi connectivity index (χ0v) is 13.2. The van der Waals surface area contributed by atoms with Crippen LogP contribution >= 0.6 is 0 Å². The Morgan fingerprint density at radius 1 is 1.08 bits per heavy atom. The van der Waals surface area contributed by atoms with Crippen molar-refractivity contribution < 1.29 is 13.6 Å². The average molecular weight is 326 g/mol. The lowest BCUT2D eigenvalue weighted by molar-refractivity contribution is 0.0733. The first kappa shape index (κ1) is 14.9. The van der Waals surface area contributed by atoms with E-state index < -0.39 is 11.6 Å². The van der Waals surface area contributed by atoms with E-state index in [-0.39, 0.29) is 11.5 Å². The highest BCUT2D eigenvalue weighted by molar-refractivity contribution is 5.95. The lowest BCUT2D eigenvalue weighted by Crippen LogP contribution is -2.36. The van der Waals surface area contributed by atoms with Crippen LogP contribution in [-0.4, -0.2) is 21.9 Å². The summed E-state index contributed by atoms with van der Waals surface area (Å²) in [5.41, 5.74) is 3.68. The highest BCUT2D eigenvalue weighted by Crippen LogP contribution is 2.30. The lowest BCUT2D eigenvalue weighted by Gasteiger charge is -2.28. The zero-order chi connectivity index (χ0) is 16.8. The number of aryl methyl sites for hydroxylation is 1. The Morgan fingerprint density at radius 3 is 2.67 bits per heavy atom. The second-order valence-electron chi connectivity index (χ2n) is 6.11. The predicted octanol–water partition coefficient (Wildman–Crippen LogP) is 3.66. The maximum atomic E-state index is 13.4. The minimum absolute atomic E-state index is 0.178. The Labute approximate surface area is 138 Å². The van der Waals surface area contributed by atoms with Crippen molar-refractivity contribution in [2.75, 3.05) is 6.54 Å². The van der Waals surface area contributed by atoms with Crippen LogP contribution in [0.3, 0.4) is 0 Å². The molecule has 0 bridgehead atoms. The van der Waals surface area contributed by atoms with Crippen molar-refractivity contribution >= 4 is 16.8 Å². The fraction of sp³-hybridized carbons (Fsp3) is 0.211. The van der Waals surface area contributed by atoms with Gasteiger partial charge in [0.15, 0.2) is 11.6 Å². The van der Waals surface area contributed by atoms with Crippen LogP contribution in [0.25, 0.3) is 10.9 Å². The molecule has 0 aliphatic carbocycles. The molecular formula is C19H16F2N2O. The summed E-state index contributed by atoms with van der Waals surface area (Å²) in [6.07, 6.45) is 0.746. The molecule has 1 aliphatic heterocycles. The number of rotatable bonds is 1. The molecule has 1 amide bonds. The maximum absolute atomic E-state index is 13.4. The number of nitrogens with zero attached hydrogens (tertiary/aromatic N) is 2. The van der Waals surface area contributed by atoms with Gasteiger partial charge in [-0.1, -0.05) is 18.2 Å². The number of para-hydroxylation sites is 1. The monoisotopic (exact) mass is 326 g/mol. The molecule has 3 nitrogen and oxygen atoms in total. The third-order valence-corrected chi connectivity index (χ3v) is 4.77. The van der Waals surface area contributed by atoms with Crippen LogP contribution in [-0.2, 0) is 20.0 Å². The van der Waals surface area contributed by atoms with Crippen LogP contribution in [0.5, 0.6) is 0 Å². The van der Waals surface area contributed by atoms with Gasteiger partial charge < -0.3 is 9.47 Å². The molecule has 24 heavy (non-hydrogen) atoms. The van der Waals surface area contributed by atoms with Crippen molar-refractivity contribution in [3.8, 4) is 0 Å². The van der Waals surface area contributed by atoms with E-state index in [2.05, 4.69) is 16.7 Å². The van der Waals surface area contributed by atoms with E-state index >= 15 is 0 Å². The normalized spacial score (nSPS) is 14.0. The highest BCUT2D eigenvalue weighted by atomic mass is 19.2. The number of amides is 1. The minimum Gasteiger partial charge on any atom is -0.347 e. The van der Waals surface area contributed by atoms with Gasteiger partial charge >= 0.3 is 0 Å². The predicted molar refractivity (Wildman–Crippen MR) is 87.7 cm³/mol. The molecule has 2 heterocycles. The number of benzene rings is 2. The summed E-state index contributed by atoms with van der Waals surface area (Å²) in [4.78, 5) is 14.3. The van der Waals surface area contributed by atoms with Crippen LogP contribution in [0.15, 0.2) is 42.5 Å². The Hall–Kier alpha value is -2.69. The number of carbonyl (C=O) groups excluding carboxylic acids is 1. The number of fused-ring (bicyclic) bond motifs is 3. The Balaban J connectivity index is 1.70. The molecule has 0 saturated heterocycles. The molecule has 1 aromatic heterocycles. The Morgan fingerprint density at radius 2 is 1.88 bits per heavy atom. The summed E-state index contributed by atoms with van der Waals surface area (Å²) in [6, 6.07) is 11.4. The van der Waals surface area contributed by atoms with E-state index in [9.17, 15) is 13.6 Å². The highest BCUT2D eigenvalue weighted by Gasteiger charge is 2.26. The molecule has 0 N–H and O–H groups in total. The first-order chi connectivity index (χ1) is 11.6. The minimum atomic E-state index is -0.997. The fourth-order valence-corrected chi connectivity index (χ4v) is 3.52. The molecule has 0 fully saturated rings. The molecule has 122 valence electrons. The van der Waals surface area contributed by atoms with Crippen LogP contribution < -0.4 is 0 Å². The van der Waals surface area contributed by atoms with E-state index in [4.69, 9.17) is 0 Å². The molecule has 3 aromatic rings. The SMILES string of the molecule is Cn1c2c(c3ccccc31)CN(C(=O)c1ccc(F)c(F)c1)CC2. The van der Waals surface area contributed by atoms with Gasteiger partial charge in [0.05, 0.1) is 0 Å². The maximum Gasteiger partial charge on any atom is 0.254 e. The first-order valence-electron chi connectivity index (χ1n) is 7.86. The molecule has 2 aromatic carbocycles. The van der Waals surface area contributed by atoms with Crippen molar-refractivity contribution in [1.82, 2.24) is 9.47 Å². The third-order valence-electron chi connectivity index (χ3n) is 4.77. The molecular weight excluding hydrogens is 310 g/mol. The quantitative estimate of drug-likeness (QED) is 0.670. The van der Waals surface area contributed by atoms with Gasteiger partial charge in [-0.15, -0.1) is 0 Å². The van der Waals surface area contributed by atoms with E-state index in [0.717, 1.165) is 35.0 Å². The first-order valence-corrected chi connectivity index (χ1v) is 7.86. The zero-order valence-electron chi connectivity index (χ0n) is 13.2. The second-order valence-corrected chi connectivity index (χ2v) is 6.11. The van der Waals surface area contributed by atoms with E-state index in [1.807, 2.05) is 19.2 Å². The topological polar surface area (TPSA) is 25.2 Å². The van der Waals surface area contributed by atoms with Crippen molar-refractivity contribution in [3.63, 3.8) is 0 Å². The second kappa shape index (κ2) is 5.44. The summed E-state index contributed by atoms with van der Waals surface area (Å²) in [7, 11) is 2.04. The molecule has 1 aliphatic rings. The Kier molecular flexibility index (Phi) is 3.37. The van der Waals surface area contributed by atoms with E-state index in [1.54, 1.807) is 4.90 Å². The van der Waals surface area contributed by atoms with Crippen LogP contribution in [0, 0.1) is 11.6 Å². The fourth-order valence-electron chi connectivity index (χ4n) is 3.52. The molecule has 0 unspecified atom stereocenters. The van der Waals surface area contributed by atoms with Crippen molar-refractivity contribution in [1.29, 1.82) is 0 Å². The number of hydrogen-bond donors (Lipinski definition) is 0. The summed E-state index contributed by atoms with van der Waals surface area (Å²) in [5, 5.41) is 1.14. The van der Waals surface area contributed by atoms with Gasteiger partial charge in [0, 0.05) is 54.3 Å². The summed E-state index contributed by atoms with van der Waals surface area (Å²) >= 11 is 0. The number of hydrogen-bond acceptors (Lipinski definition) is 1. The summed E-state index contributed by atoms with van der Waals surface area (Å²) in [6.45, 7) is 1.05. The van der Waals surface area contributed by atoms with Crippen LogP contribution in [0.4, 0.5) is 8.78 Å². The van der Waals surface area contributed by atoms with Gasteiger partial charge in [0.25, 0.3) is 5.91 Å². The van der Waals surface area contributed by atoms with Gasteiger partial charge in [-0.05, 0) is 24.3 Å². The number of carbonyl (C=O) groups is 1. The smallest absolute Gasteiger partial charge is 0.254 e. The summed E-state index contributed by atoms with van der Waals surface area (Å²) in [5.74, 6) is -2.21. The standard InChI is InChI=1S/C19H16F2N2O/c1-22-17-5-3-2-4-13(17)14-11-23(9-8-18(14)22)19(24)12-6-7-15(20)16(21)10-12/h2-7,10H,8-9,11H2,1H3. The lowest BCUT2D eigenvalue weighted by atomic mass is 10.0. The van der Waals surface area contributed by atoms with Gasteiger partial charge in [-0.2, -0.15) is 0 Å². The van der Waals surface area contributed by atoms with Crippen molar-refractivity contribution in [2.45, 2.75) is 13.0 Å². The van der Waals surface area contributed by atoms with Crippen molar-refractivity contribution in [3.05, 3.63) is 70.9 Å². The third kappa shape index (κ3) is 2.19. The molecule has 5 heteroatoms. The average Bonchev–Trinajstić information content (AvgIpc) is 2.89. The van der Waals surface area contributed by atoms with Gasteiger partial charge in [-0.25, -0.2) is 8.78 Å². The molecule has 0 spiro atoms.